The van der Waals surface area contributed by atoms with Crippen LogP contribution in [-0.2, 0) is 29.4 Å². The van der Waals surface area contributed by atoms with Crippen LogP contribution in [0, 0.1) is 12.8 Å². The number of hydrogen-bond donors (Lipinski definition) is 0. The van der Waals surface area contributed by atoms with Crippen molar-refractivity contribution in [2.45, 2.75) is 26.2 Å². The minimum atomic E-state index is 0.176. The Bertz CT molecular complexity index is 715. The Morgan fingerprint density at radius 1 is 1.40 bits per heavy atom. The van der Waals surface area contributed by atoms with Crippen molar-refractivity contribution in [3.8, 4) is 0 Å². The Kier molecular flexibility index (Phi) is 5.75. The summed E-state index contributed by atoms with van der Waals surface area (Å²) < 4.78 is 7.53. The summed E-state index contributed by atoms with van der Waals surface area (Å²) in [7, 11) is 1.90. The fourth-order valence-electron chi connectivity index (χ4n) is 3.19. The molecule has 25 heavy (non-hydrogen) atoms. The monoisotopic (exact) mass is 343 g/mol. The SMILES string of the molecule is Cc1cc(C[C@H]2COCCN(C(=O)CCc3ccnn3C)C2)ncn1. The number of carbonyl (C=O) groups excluding carboxylic acids is 1. The van der Waals surface area contributed by atoms with E-state index >= 15 is 0 Å². The molecule has 1 atom stereocenters. The highest BCUT2D eigenvalue weighted by Gasteiger charge is 2.23. The van der Waals surface area contributed by atoms with Crippen molar-refractivity contribution in [1.82, 2.24) is 24.6 Å². The van der Waals surface area contributed by atoms with Crippen molar-refractivity contribution in [3.63, 3.8) is 0 Å². The second-order valence-electron chi connectivity index (χ2n) is 6.58. The van der Waals surface area contributed by atoms with E-state index in [9.17, 15) is 4.79 Å². The van der Waals surface area contributed by atoms with Crippen LogP contribution in [0.1, 0.15) is 23.5 Å². The summed E-state index contributed by atoms with van der Waals surface area (Å²) in [5, 5.41) is 4.15. The molecule has 1 fully saturated rings. The van der Waals surface area contributed by atoms with Gasteiger partial charge < -0.3 is 9.64 Å². The van der Waals surface area contributed by atoms with Gasteiger partial charge in [-0.25, -0.2) is 9.97 Å². The van der Waals surface area contributed by atoms with Gasteiger partial charge in [0.05, 0.1) is 13.2 Å². The van der Waals surface area contributed by atoms with Crippen LogP contribution in [0.25, 0.3) is 0 Å². The van der Waals surface area contributed by atoms with E-state index in [4.69, 9.17) is 4.74 Å². The number of aryl methyl sites for hydroxylation is 3. The standard InChI is InChI=1S/C18H25N5O2/c1-14-9-16(20-13-19-14)10-15-11-23(7-8-25-12-15)18(24)4-3-17-5-6-21-22(17)2/h5-6,9,13,15H,3-4,7-8,10-12H2,1-2H3/t15-/m1/s1. The number of aromatic nitrogens is 4. The van der Waals surface area contributed by atoms with E-state index in [1.165, 1.54) is 0 Å². The molecule has 0 saturated carbocycles. The van der Waals surface area contributed by atoms with E-state index in [1.54, 1.807) is 12.5 Å². The van der Waals surface area contributed by atoms with Gasteiger partial charge in [0.2, 0.25) is 5.91 Å². The van der Waals surface area contributed by atoms with Crippen molar-refractivity contribution in [3.05, 3.63) is 41.7 Å². The van der Waals surface area contributed by atoms with Crippen molar-refractivity contribution >= 4 is 5.91 Å². The normalized spacial score (nSPS) is 18.2. The molecule has 0 bridgehead atoms. The van der Waals surface area contributed by atoms with Crippen LogP contribution in [0.2, 0.25) is 0 Å². The summed E-state index contributed by atoms with van der Waals surface area (Å²) in [6, 6.07) is 3.96. The molecule has 3 rings (SSSR count). The van der Waals surface area contributed by atoms with E-state index in [-0.39, 0.29) is 11.8 Å². The van der Waals surface area contributed by atoms with Crippen LogP contribution in [0.4, 0.5) is 0 Å². The van der Waals surface area contributed by atoms with E-state index < -0.39 is 0 Å². The van der Waals surface area contributed by atoms with Crippen LogP contribution in [0.5, 0.6) is 0 Å². The third-order valence-corrected chi connectivity index (χ3v) is 4.57. The molecule has 7 heteroatoms. The van der Waals surface area contributed by atoms with Gasteiger partial charge in [-0.2, -0.15) is 5.10 Å². The van der Waals surface area contributed by atoms with Gasteiger partial charge in [0.1, 0.15) is 6.33 Å². The quantitative estimate of drug-likeness (QED) is 0.815. The molecule has 2 aromatic heterocycles. The van der Waals surface area contributed by atoms with Crippen LogP contribution >= 0.6 is 0 Å². The molecule has 0 unspecified atom stereocenters. The first-order valence-electron chi connectivity index (χ1n) is 8.71. The molecule has 1 aliphatic rings. The Morgan fingerprint density at radius 2 is 2.28 bits per heavy atom. The minimum absolute atomic E-state index is 0.176. The zero-order chi connectivity index (χ0) is 17.6. The lowest BCUT2D eigenvalue weighted by molar-refractivity contribution is -0.131. The second kappa shape index (κ2) is 8.20. The molecule has 134 valence electrons. The fraction of sp³-hybridized carbons (Fsp3) is 0.556. The number of ether oxygens (including phenoxy) is 1. The summed E-state index contributed by atoms with van der Waals surface area (Å²) in [4.78, 5) is 23.0. The molecule has 0 radical (unpaired) electrons. The second-order valence-corrected chi connectivity index (χ2v) is 6.58. The smallest absolute Gasteiger partial charge is 0.223 e. The van der Waals surface area contributed by atoms with Crippen molar-refractivity contribution in [1.29, 1.82) is 0 Å². The molecule has 0 spiro atoms. The summed E-state index contributed by atoms with van der Waals surface area (Å²) in [6.07, 6.45) is 5.37. The predicted octanol–water partition coefficient (Wildman–Crippen LogP) is 1.17. The van der Waals surface area contributed by atoms with Crippen molar-refractivity contribution in [2.75, 3.05) is 26.3 Å². The van der Waals surface area contributed by atoms with Gasteiger partial charge in [0, 0.05) is 55.8 Å². The zero-order valence-corrected chi connectivity index (χ0v) is 14.9. The number of hydrogen-bond acceptors (Lipinski definition) is 5. The molecule has 1 saturated heterocycles. The van der Waals surface area contributed by atoms with E-state index in [1.807, 2.05) is 35.7 Å². The maximum Gasteiger partial charge on any atom is 0.223 e. The van der Waals surface area contributed by atoms with Crippen molar-refractivity contribution in [2.24, 2.45) is 13.0 Å². The largest absolute Gasteiger partial charge is 0.379 e. The highest BCUT2D eigenvalue weighted by molar-refractivity contribution is 5.76. The highest BCUT2D eigenvalue weighted by Crippen LogP contribution is 2.14. The molecule has 1 amide bonds. The minimum Gasteiger partial charge on any atom is -0.379 e. The lowest BCUT2D eigenvalue weighted by Crippen LogP contribution is -2.36. The average molecular weight is 343 g/mol. The van der Waals surface area contributed by atoms with Gasteiger partial charge in [0.25, 0.3) is 0 Å². The van der Waals surface area contributed by atoms with Crippen LogP contribution in [0.3, 0.4) is 0 Å². The molecular formula is C18H25N5O2. The Hall–Kier alpha value is -2.28. The molecule has 7 nitrogen and oxygen atoms in total. The van der Waals surface area contributed by atoms with Gasteiger partial charge in [-0.3, -0.25) is 9.48 Å². The number of nitrogens with zero attached hydrogens (tertiary/aromatic N) is 5. The molecule has 2 aromatic rings. The molecule has 1 aliphatic heterocycles. The Labute approximate surface area is 148 Å². The Balaban J connectivity index is 1.57. The Morgan fingerprint density at radius 3 is 3.04 bits per heavy atom. The zero-order valence-electron chi connectivity index (χ0n) is 14.9. The third-order valence-electron chi connectivity index (χ3n) is 4.57. The van der Waals surface area contributed by atoms with Gasteiger partial charge >= 0.3 is 0 Å². The summed E-state index contributed by atoms with van der Waals surface area (Å²) in [5.74, 6) is 0.438. The van der Waals surface area contributed by atoms with Crippen LogP contribution in [-0.4, -0.2) is 56.9 Å². The fourth-order valence-corrected chi connectivity index (χ4v) is 3.19. The number of amides is 1. The first-order chi connectivity index (χ1) is 12.1. The summed E-state index contributed by atoms with van der Waals surface area (Å²) in [6.45, 7) is 4.59. The molecule has 3 heterocycles. The van der Waals surface area contributed by atoms with Gasteiger partial charge in [-0.05, 0) is 31.9 Å². The van der Waals surface area contributed by atoms with E-state index in [0.29, 0.717) is 39.1 Å². The average Bonchev–Trinajstić information content (AvgIpc) is 2.85. The topological polar surface area (TPSA) is 73.1 Å². The molecule has 0 N–H and O–H groups in total. The summed E-state index contributed by atoms with van der Waals surface area (Å²) in [5.41, 5.74) is 3.04. The van der Waals surface area contributed by atoms with E-state index in [0.717, 1.165) is 23.5 Å². The van der Waals surface area contributed by atoms with Gasteiger partial charge in [0.15, 0.2) is 0 Å². The first-order valence-corrected chi connectivity index (χ1v) is 8.71. The maximum absolute atomic E-state index is 12.6. The highest BCUT2D eigenvalue weighted by atomic mass is 16.5. The molecule has 0 aromatic carbocycles. The first kappa shape index (κ1) is 17.5. The molecular weight excluding hydrogens is 318 g/mol. The van der Waals surface area contributed by atoms with Crippen LogP contribution in [0.15, 0.2) is 24.7 Å². The van der Waals surface area contributed by atoms with E-state index in [2.05, 4.69) is 15.1 Å². The lowest BCUT2D eigenvalue weighted by atomic mass is 10.0. The number of rotatable bonds is 5. The third kappa shape index (κ3) is 4.85. The lowest BCUT2D eigenvalue weighted by Gasteiger charge is -2.23. The van der Waals surface area contributed by atoms with Crippen LogP contribution < -0.4 is 0 Å². The van der Waals surface area contributed by atoms with Gasteiger partial charge in [-0.15, -0.1) is 0 Å². The number of carbonyl (C=O) groups is 1. The molecule has 0 aliphatic carbocycles. The maximum atomic E-state index is 12.6. The predicted molar refractivity (Wildman–Crippen MR) is 92.9 cm³/mol. The van der Waals surface area contributed by atoms with Gasteiger partial charge in [-0.1, -0.05) is 0 Å². The van der Waals surface area contributed by atoms with Crippen molar-refractivity contribution < 1.29 is 9.53 Å². The summed E-state index contributed by atoms with van der Waals surface area (Å²) >= 11 is 0.